The second kappa shape index (κ2) is 14.1. The molecule has 6 nitrogen and oxygen atoms in total. The molecule has 0 aliphatic heterocycles. The fourth-order valence-corrected chi connectivity index (χ4v) is 2.44. The van der Waals surface area contributed by atoms with E-state index in [2.05, 4.69) is 25.3 Å². The van der Waals surface area contributed by atoms with E-state index in [0.717, 1.165) is 17.5 Å². The van der Waals surface area contributed by atoms with Crippen LogP contribution < -0.4 is 15.4 Å². The molecule has 1 aromatic heterocycles. The fraction of sp³-hybridized carbons (Fsp3) is 0.429. The zero-order valence-corrected chi connectivity index (χ0v) is 19.9. The highest BCUT2D eigenvalue weighted by Gasteiger charge is 2.27. The lowest BCUT2D eigenvalue weighted by Crippen LogP contribution is -2.36. The SMILES string of the molecule is CCCOc1ccc(CNC(=NC)NCc2ccc(COCC(F)(F)F)cc2)cn1.I. The molecule has 0 spiro atoms. The van der Waals surface area contributed by atoms with Gasteiger partial charge >= 0.3 is 6.18 Å². The Labute approximate surface area is 197 Å². The van der Waals surface area contributed by atoms with Gasteiger partial charge in [0.05, 0.1) is 13.2 Å². The summed E-state index contributed by atoms with van der Waals surface area (Å²) < 4.78 is 46.4. The number of hydrogen-bond donors (Lipinski definition) is 2. The third kappa shape index (κ3) is 11.2. The molecule has 1 heterocycles. The Balaban J connectivity index is 0.00000480. The standard InChI is InChI=1S/C21H27F3N4O2.HI/c1-3-10-30-19-9-8-18(12-26-19)13-28-20(25-2)27-11-16-4-6-17(7-5-16)14-29-15-21(22,23)24;/h4-9,12H,3,10-11,13-15H2,1-2H3,(H2,25,27,28);1H. The number of nitrogens with zero attached hydrogens (tertiary/aromatic N) is 2. The van der Waals surface area contributed by atoms with E-state index in [0.29, 0.717) is 37.1 Å². The summed E-state index contributed by atoms with van der Waals surface area (Å²) in [5.41, 5.74) is 2.64. The predicted molar refractivity (Wildman–Crippen MR) is 125 cm³/mol. The topological polar surface area (TPSA) is 67.8 Å². The smallest absolute Gasteiger partial charge is 0.411 e. The summed E-state index contributed by atoms with van der Waals surface area (Å²) in [6.07, 6.45) is -1.62. The molecule has 10 heteroatoms. The van der Waals surface area contributed by atoms with E-state index in [1.54, 1.807) is 25.4 Å². The second-order valence-corrected chi connectivity index (χ2v) is 6.56. The quantitative estimate of drug-likeness (QED) is 0.260. The van der Waals surface area contributed by atoms with Gasteiger partial charge in [0, 0.05) is 32.4 Å². The minimum atomic E-state index is -4.31. The molecule has 0 saturated heterocycles. The number of benzene rings is 1. The number of hydrogen-bond acceptors (Lipinski definition) is 4. The Kier molecular flexibility index (Phi) is 12.2. The lowest BCUT2D eigenvalue weighted by molar-refractivity contribution is -0.176. The van der Waals surface area contributed by atoms with Crippen molar-refractivity contribution in [3.05, 3.63) is 59.3 Å². The molecular formula is C21H28F3IN4O2. The molecule has 0 radical (unpaired) electrons. The number of ether oxygens (including phenoxy) is 2. The number of aliphatic imine (C=N–C) groups is 1. The number of halogens is 4. The number of rotatable bonds is 10. The molecule has 0 atom stereocenters. The molecule has 2 N–H and O–H groups in total. The van der Waals surface area contributed by atoms with Crippen LogP contribution in [0.3, 0.4) is 0 Å². The van der Waals surface area contributed by atoms with Crippen molar-refractivity contribution in [1.29, 1.82) is 0 Å². The van der Waals surface area contributed by atoms with Crippen molar-refractivity contribution in [2.45, 2.75) is 39.2 Å². The van der Waals surface area contributed by atoms with E-state index in [4.69, 9.17) is 4.74 Å². The number of guanidine groups is 1. The number of pyridine rings is 1. The van der Waals surface area contributed by atoms with Crippen LogP contribution in [-0.4, -0.2) is 37.4 Å². The van der Waals surface area contributed by atoms with Crippen LogP contribution in [0.15, 0.2) is 47.6 Å². The molecule has 172 valence electrons. The molecule has 0 bridgehead atoms. The lowest BCUT2D eigenvalue weighted by atomic mass is 10.1. The molecule has 0 amide bonds. The van der Waals surface area contributed by atoms with Crippen molar-refractivity contribution in [2.75, 3.05) is 20.3 Å². The average molecular weight is 552 g/mol. The van der Waals surface area contributed by atoms with Crippen molar-refractivity contribution in [1.82, 2.24) is 15.6 Å². The first kappa shape index (κ1) is 27.0. The molecule has 1 aromatic carbocycles. The average Bonchev–Trinajstić information content (AvgIpc) is 2.73. The molecule has 0 aliphatic carbocycles. The molecule has 0 aliphatic rings. The number of alkyl halides is 3. The molecule has 2 aromatic rings. The van der Waals surface area contributed by atoms with Gasteiger partial charge < -0.3 is 20.1 Å². The Hall–Kier alpha value is -2.08. The maximum absolute atomic E-state index is 12.1. The third-order valence-corrected chi connectivity index (χ3v) is 3.95. The Morgan fingerprint density at radius 3 is 2.16 bits per heavy atom. The minimum absolute atomic E-state index is 0. The van der Waals surface area contributed by atoms with Gasteiger partial charge in [0.2, 0.25) is 5.88 Å². The van der Waals surface area contributed by atoms with E-state index in [-0.39, 0.29) is 30.6 Å². The summed E-state index contributed by atoms with van der Waals surface area (Å²) in [5, 5.41) is 6.40. The molecule has 0 fully saturated rings. The number of nitrogens with one attached hydrogen (secondary N) is 2. The van der Waals surface area contributed by atoms with Gasteiger partial charge in [0.1, 0.15) is 6.61 Å². The highest BCUT2D eigenvalue weighted by atomic mass is 127. The van der Waals surface area contributed by atoms with Gasteiger partial charge in [0.25, 0.3) is 0 Å². The summed E-state index contributed by atoms with van der Waals surface area (Å²) in [4.78, 5) is 8.44. The molecular weight excluding hydrogens is 524 g/mol. The van der Waals surface area contributed by atoms with Crippen LogP contribution >= 0.6 is 24.0 Å². The van der Waals surface area contributed by atoms with Gasteiger partial charge in [-0.05, 0) is 23.1 Å². The van der Waals surface area contributed by atoms with Crippen LogP contribution in [-0.2, 0) is 24.4 Å². The first-order valence-electron chi connectivity index (χ1n) is 9.64. The largest absolute Gasteiger partial charge is 0.478 e. The van der Waals surface area contributed by atoms with Crippen molar-refractivity contribution < 1.29 is 22.6 Å². The highest BCUT2D eigenvalue weighted by molar-refractivity contribution is 14.0. The van der Waals surface area contributed by atoms with Gasteiger partial charge in [-0.15, -0.1) is 24.0 Å². The van der Waals surface area contributed by atoms with Gasteiger partial charge in [0.15, 0.2) is 5.96 Å². The van der Waals surface area contributed by atoms with Crippen LogP contribution in [0.5, 0.6) is 5.88 Å². The summed E-state index contributed by atoms with van der Waals surface area (Å²) in [6.45, 7) is 2.43. The van der Waals surface area contributed by atoms with Gasteiger partial charge in [-0.1, -0.05) is 37.3 Å². The van der Waals surface area contributed by atoms with E-state index < -0.39 is 12.8 Å². The van der Waals surface area contributed by atoms with Crippen LogP contribution in [0.4, 0.5) is 13.2 Å². The van der Waals surface area contributed by atoms with Crippen LogP contribution in [0, 0.1) is 0 Å². The predicted octanol–water partition coefficient (Wildman–Crippen LogP) is 4.43. The van der Waals surface area contributed by atoms with Crippen LogP contribution in [0.2, 0.25) is 0 Å². The summed E-state index contributed by atoms with van der Waals surface area (Å²) in [7, 11) is 1.68. The van der Waals surface area contributed by atoms with Crippen molar-refractivity contribution in [2.24, 2.45) is 4.99 Å². The van der Waals surface area contributed by atoms with E-state index in [1.807, 2.05) is 31.2 Å². The maximum atomic E-state index is 12.1. The Morgan fingerprint density at radius 1 is 1.00 bits per heavy atom. The Morgan fingerprint density at radius 2 is 1.61 bits per heavy atom. The zero-order valence-electron chi connectivity index (χ0n) is 17.5. The summed E-state index contributed by atoms with van der Waals surface area (Å²) in [5.74, 6) is 1.23. The fourth-order valence-electron chi connectivity index (χ4n) is 2.44. The van der Waals surface area contributed by atoms with Crippen molar-refractivity contribution in [3.8, 4) is 5.88 Å². The second-order valence-electron chi connectivity index (χ2n) is 6.56. The van der Waals surface area contributed by atoms with Gasteiger partial charge in [-0.25, -0.2) is 4.98 Å². The first-order valence-corrected chi connectivity index (χ1v) is 9.64. The summed E-state index contributed by atoms with van der Waals surface area (Å²) in [6, 6.07) is 11.0. The monoisotopic (exact) mass is 552 g/mol. The molecule has 0 unspecified atom stereocenters. The van der Waals surface area contributed by atoms with Crippen molar-refractivity contribution >= 4 is 29.9 Å². The first-order chi connectivity index (χ1) is 14.4. The van der Waals surface area contributed by atoms with Crippen molar-refractivity contribution in [3.63, 3.8) is 0 Å². The molecule has 0 saturated carbocycles. The van der Waals surface area contributed by atoms with Gasteiger partial charge in [-0.3, -0.25) is 4.99 Å². The van der Waals surface area contributed by atoms with Crippen LogP contribution in [0.25, 0.3) is 0 Å². The zero-order chi connectivity index (χ0) is 21.8. The Bertz CT molecular complexity index is 785. The van der Waals surface area contributed by atoms with Crippen LogP contribution in [0.1, 0.15) is 30.0 Å². The number of aromatic nitrogens is 1. The van der Waals surface area contributed by atoms with Gasteiger partial charge in [-0.2, -0.15) is 13.2 Å². The molecule has 31 heavy (non-hydrogen) atoms. The lowest BCUT2D eigenvalue weighted by Gasteiger charge is -2.13. The van der Waals surface area contributed by atoms with E-state index in [9.17, 15) is 13.2 Å². The normalized spacial score (nSPS) is 11.6. The maximum Gasteiger partial charge on any atom is 0.411 e. The van der Waals surface area contributed by atoms with E-state index in [1.165, 1.54) is 0 Å². The minimum Gasteiger partial charge on any atom is -0.478 e. The molecule has 2 rings (SSSR count). The summed E-state index contributed by atoms with van der Waals surface area (Å²) >= 11 is 0. The third-order valence-electron chi connectivity index (χ3n) is 3.95. The highest BCUT2D eigenvalue weighted by Crippen LogP contribution is 2.16. The van der Waals surface area contributed by atoms with E-state index >= 15 is 0 Å².